The number of hydrogen-bond donors (Lipinski definition) is 3. The van der Waals surface area contributed by atoms with E-state index in [1.165, 1.54) is 107 Å². The van der Waals surface area contributed by atoms with E-state index in [1.54, 1.807) is 0 Å². The maximum absolute atomic E-state index is 12.0. The molecule has 42 heavy (non-hydrogen) atoms. The molecule has 0 aromatic carbocycles. The van der Waals surface area contributed by atoms with Gasteiger partial charge in [0.2, 0.25) is 5.95 Å². The van der Waals surface area contributed by atoms with Gasteiger partial charge in [0, 0.05) is 13.2 Å². The fourth-order valence-electron chi connectivity index (χ4n) is 4.67. The number of nitrogens with two attached hydrogens (primary N) is 1. The predicted octanol–water partition coefficient (Wildman–Crippen LogP) is 6.48. The first-order chi connectivity index (χ1) is 20.4. The number of ether oxygens (including phenoxy) is 2. The summed E-state index contributed by atoms with van der Waals surface area (Å²) in [5.74, 6) is -0.0263. The lowest BCUT2D eigenvalue weighted by atomic mass is 10.0. The van der Waals surface area contributed by atoms with Crippen LogP contribution in [-0.4, -0.2) is 57.4 Å². The second kappa shape index (κ2) is 22.7. The van der Waals surface area contributed by atoms with E-state index in [-0.39, 0.29) is 43.7 Å². The standard InChI is InChI=1S/C29H54N5O7P/c1-2-3-4-5-6-7-8-9-10-11-12-13-14-15-16-17-19-38-20-18-21-40-42(36,37)41-23-22-39-25-34-24-31-26-27(34)32-29(30)33-28(26)35/h24H,2-23,25H2,1H3,(H,36,37)(H3,30,32,33,35). The fraction of sp³-hybridized carbons (Fsp3) is 0.828. The molecule has 0 amide bonds. The molecule has 242 valence electrons. The largest absolute Gasteiger partial charge is 0.472 e. The smallest absolute Gasteiger partial charge is 0.381 e. The number of aromatic nitrogens is 4. The molecule has 0 aliphatic rings. The molecule has 2 heterocycles. The third-order valence-corrected chi connectivity index (χ3v) is 8.05. The topological polar surface area (TPSA) is 164 Å². The predicted molar refractivity (Wildman–Crippen MR) is 165 cm³/mol. The molecule has 2 aromatic rings. The Morgan fingerprint density at radius 2 is 1.33 bits per heavy atom. The zero-order chi connectivity index (χ0) is 30.3. The Hall–Kier alpha value is -1.82. The molecule has 1 atom stereocenters. The molecular formula is C29H54N5O7P. The van der Waals surface area contributed by atoms with Gasteiger partial charge < -0.3 is 20.1 Å². The molecular weight excluding hydrogens is 561 g/mol. The molecule has 0 fully saturated rings. The molecule has 0 saturated carbocycles. The Morgan fingerprint density at radius 1 is 0.786 bits per heavy atom. The van der Waals surface area contributed by atoms with Crippen molar-refractivity contribution < 1.29 is 28.0 Å². The summed E-state index contributed by atoms with van der Waals surface area (Å²) in [4.78, 5) is 32.0. The lowest BCUT2D eigenvalue weighted by molar-refractivity contribution is 0.0414. The average Bonchev–Trinajstić information content (AvgIpc) is 3.36. The second-order valence-corrected chi connectivity index (χ2v) is 12.2. The van der Waals surface area contributed by atoms with Crippen LogP contribution in [0.25, 0.3) is 11.2 Å². The van der Waals surface area contributed by atoms with Crippen molar-refractivity contribution in [1.82, 2.24) is 19.5 Å². The molecule has 1 unspecified atom stereocenters. The van der Waals surface area contributed by atoms with Crippen molar-refractivity contribution >= 4 is 24.9 Å². The first-order valence-corrected chi connectivity index (χ1v) is 17.4. The van der Waals surface area contributed by atoms with Gasteiger partial charge in [0.05, 0.1) is 26.1 Å². The van der Waals surface area contributed by atoms with Gasteiger partial charge in [0.15, 0.2) is 11.2 Å². The summed E-state index contributed by atoms with van der Waals surface area (Å²) in [6, 6.07) is 0. The highest BCUT2D eigenvalue weighted by molar-refractivity contribution is 7.47. The number of imidazole rings is 1. The Labute approximate surface area is 250 Å². The van der Waals surface area contributed by atoms with E-state index in [0.29, 0.717) is 19.6 Å². The monoisotopic (exact) mass is 615 g/mol. The molecule has 4 N–H and O–H groups in total. The van der Waals surface area contributed by atoms with Gasteiger partial charge in [-0.2, -0.15) is 4.98 Å². The molecule has 13 heteroatoms. The number of hydrogen-bond acceptors (Lipinski definition) is 9. The van der Waals surface area contributed by atoms with E-state index >= 15 is 0 Å². The first kappa shape index (κ1) is 36.4. The molecule has 0 aliphatic carbocycles. The van der Waals surface area contributed by atoms with Crippen molar-refractivity contribution in [3.05, 3.63) is 16.7 Å². The molecule has 2 rings (SSSR count). The summed E-state index contributed by atoms with van der Waals surface area (Å²) < 4.78 is 34.4. The maximum atomic E-state index is 12.0. The van der Waals surface area contributed by atoms with Crippen molar-refractivity contribution in [3.8, 4) is 0 Å². The van der Waals surface area contributed by atoms with E-state index in [0.717, 1.165) is 6.42 Å². The highest BCUT2D eigenvalue weighted by Crippen LogP contribution is 2.42. The van der Waals surface area contributed by atoms with Gasteiger partial charge in [-0.05, 0) is 12.8 Å². The van der Waals surface area contributed by atoms with Gasteiger partial charge in [-0.1, -0.05) is 103 Å². The van der Waals surface area contributed by atoms with E-state index in [1.807, 2.05) is 0 Å². The Bertz CT molecular complexity index is 1060. The average molecular weight is 616 g/mol. The molecule has 12 nitrogen and oxygen atoms in total. The minimum absolute atomic E-state index is 0.0169. The Kier molecular flexibility index (Phi) is 19.6. The van der Waals surface area contributed by atoms with E-state index in [2.05, 4.69) is 21.9 Å². The maximum Gasteiger partial charge on any atom is 0.472 e. The van der Waals surface area contributed by atoms with Gasteiger partial charge in [0.25, 0.3) is 5.56 Å². The quantitative estimate of drug-likeness (QED) is 0.0713. The number of phosphoric acid groups is 1. The Balaban J connectivity index is 1.32. The van der Waals surface area contributed by atoms with Crippen LogP contribution in [0.4, 0.5) is 5.95 Å². The normalized spacial score (nSPS) is 13.2. The van der Waals surface area contributed by atoms with E-state index in [4.69, 9.17) is 24.3 Å². The fourth-order valence-corrected chi connectivity index (χ4v) is 5.41. The van der Waals surface area contributed by atoms with Gasteiger partial charge in [-0.15, -0.1) is 0 Å². The summed E-state index contributed by atoms with van der Waals surface area (Å²) >= 11 is 0. The van der Waals surface area contributed by atoms with E-state index in [9.17, 15) is 14.3 Å². The van der Waals surface area contributed by atoms with Crippen LogP contribution in [0.15, 0.2) is 11.1 Å². The van der Waals surface area contributed by atoms with Crippen LogP contribution in [0.1, 0.15) is 116 Å². The lowest BCUT2D eigenvalue weighted by Gasteiger charge is -2.12. The molecule has 0 saturated heterocycles. The van der Waals surface area contributed by atoms with Crippen LogP contribution in [0, 0.1) is 0 Å². The number of unbranched alkanes of at least 4 members (excludes halogenated alkanes) is 15. The number of nitrogen functional groups attached to an aromatic ring is 1. The van der Waals surface area contributed by atoms with Gasteiger partial charge in [-0.25, -0.2) is 9.55 Å². The van der Waals surface area contributed by atoms with Crippen molar-refractivity contribution in [2.75, 3.05) is 38.8 Å². The first-order valence-electron chi connectivity index (χ1n) is 15.9. The molecule has 0 bridgehead atoms. The zero-order valence-electron chi connectivity index (χ0n) is 25.6. The number of anilines is 1. The molecule has 0 radical (unpaired) electrons. The van der Waals surface area contributed by atoms with Gasteiger partial charge in [0.1, 0.15) is 6.73 Å². The van der Waals surface area contributed by atoms with Crippen LogP contribution >= 0.6 is 7.82 Å². The number of aromatic amines is 1. The number of phosphoric ester groups is 1. The highest BCUT2D eigenvalue weighted by Gasteiger charge is 2.20. The van der Waals surface area contributed by atoms with Crippen LogP contribution in [0.5, 0.6) is 0 Å². The second-order valence-electron chi connectivity index (χ2n) is 10.8. The third kappa shape index (κ3) is 16.7. The Morgan fingerprint density at radius 3 is 1.95 bits per heavy atom. The minimum Gasteiger partial charge on any atom is -0.381 e. The molecule has 2 aromatic heterocycles. The molecule has 0 aliphatic heterocycles. The van der Waals surface area contributed by atoms with Crippen molar-refractivity contribution in [3.63, 3.8) is 0 Å². The van der Waals surface area contributed by atoms with Crippen LogP contribution in [0.3, 0.4) is 0 Å². The lowest BCUT2D eigenvalue weighted by Crippen LogP contribution is -2.13. The van der Waals surface area contributed by atoms with Crippen LogP contribution in [-0.2, 0) is 29.8 Å². The van der Waals surface area contributed by atoms with Gasteiger partial charge in [-0.3, -0.25) is 23.4 Å². The van der Waals surface area contributed by atoms with Crippen LogP contribution < -0.4 is 11.3 Å². The zero-order valence-corrected chi connectivity index (χ0v) is 26.5. The SMILES string of the molecule is CCCCCCCCCCCCCCCCCCOCCCOP(=O)(O)OCCOCn1cnc2c(=O)[nH]c(N)nc21. The van der Waals surface area contributed by atoms with E-state index < -0.39 is 13.4 Å². The van der Waals surface area contributed by atoms with Crippen molar-refractivity contribution in [1.29, 1.82) is 0 Å². The summed E-state index contributed by atoms with van der Waals surface area (Å²) in [5.41, 5.74) is 5.54. The summed E-state index contributed by atoms with van der Waals surface area (Å²) in [5, 5.41) is 0. The summed E-state index contributed by atoms with van der Waals surface area (Å²) in [7, 11) is -4.17. The third-order valence-electron chi connectivity index (χ3n) is 7.04. The summed E-state index contributed by atoms with van der Waals surface area (Å²) in [6.07, 6.45) is 23.3. The van der Waals surface area contributed by atoms with Crippen molar-refractivity contribution in [2.24, 2.45) is 0 Å². The highest BCUT2D eigenvalue weighted by atomic mass is 31.2. The number of rotatable bonds is 28. The van der Waals surface area contributed by atoms with Gasteiger partial charge >= 0.3 is 7.82 Å². The number of fused-ring (bicyclic) bond motifs is 1. The number of nitrogens with one attached hydrogen (secondary N) is 1. The number of nitrogens with zero attached hydrogens (tertiary/aromatic N) is 3. The minimum atomic E-state index is -4.17. The van der Waals surface area contributed by atoms with Crippen molar-refractivity contribution in [2.45, 2.75) is 123 Å². The van der Waals surface area contributed by atoms with Crippen LogP contribution in [0.2, 0.25) is 0 Å². The summed E-state index contributed by atoms with van der Waals surface area (Å²) in [6.45, 7) is 3.40. The molecule has 0 spiro atoms. The number of H-pyrrole nitrogens is 1.